The van der Waals surface area contributed by atoms with Crippen LogP contribution in [-0.2, 0) is 17.9 Å². The van der Waals surface area contributed by atoms with Gasteiger partial charge in [-0.05, 0) is 24.1 Å². The van der Waals surface area contributed by atoms with Crippen molar-refractivity contribution < 1.29 is 4.79 Å². The first-order chi connectivity index (χ1) is 8.26. The van der Waals surface area contributed by atoms with Gasteiger partial charge in [0.25, 0.3) is 0 Å². The number of carbonyl (C=O) groups excluding carboxylic acids is 1. The van der Waals surface area contributed by atoms with Gasteiger partial charge >= 0.3 is 0 Å². The summed E-state index contributed by atoms with van der Waals surface area (Å²) in [7, 11) is 3.58. The minimum absolute atomic E-state index is 0.0155. The largest absolute Gasteiger partial charge is 0.358 e. The summed E-state index contributed by atoms with van der Waals surface area (Å²) in [5.41, 5.74) is 2.34. The Morgan fingerprint density at radius 3 is 2.82 bits per heavy atom. The van der Waals surface area contributed by atoms with Crippen LogP contribution in [0.15, 0.2) is 30.5 Å². The zero-order chi connectivity index (χ0) is 12.3. The van der Waals surface area contributed by atoms with E-state index in [-0.39, 0.29) is 5.91 Å². The molecule has 4 heteroatoms. The van der Waals surface area contributed by atoms with Gasteiger partial charge in [-0.15, -0.1) is 0 Å². The van der Waals surface area contributed by atoms with Gasteiger partial charge in [0.2, 0.25) is 5.91 Å². The molecule has 2 aromatic rings. The number of nitrogens with zero attached hydrogens (tertiary/aromatic N) is 1. The van der Waals surface area contributed by atoms with Crippen LogP contribution < -0.4 is 10.6 Å². The highest BCUT2D eigenvalue weighted by Crippen LogP contribution is 2.20. The molecular formula is C13H17N3O. The molecule has 0 aliphatic heterocycles. The predicted molar refractivity (Wildman–Crippen MR) is 68.8 cm³/mol. The van der Waals surface area contributed by atoms with Gasteiger partial charge in [0.1, 0.15) is 6.54 Å². The van der Waals surface area contributed by atoms with Crippen LogP contribution in [0.2, 0.25) is 0 Å². The van der Waals surface area contributed by atoms with Crippen molar-refractivity contribution in [3.8, 4) is 0 Å². The summed E-state index contributed by atoms with van der Waals surface area (Å²) >= 11 is 0. The highest BCUT2D eigenvalue weighted by molar-refractivity contribution is 5.85. The molecule has 17 heavy (non-hydrogen) atoms. The summed E-state index contributed by atoms with van der Waals surface area (Å²) in [6.07, 6.45) is 1.96. The molecule has 4 nitrogen and oxygen atoms in total. The van der Waals surface area contributed by atoms with Crippen molar-refractivity contribution in [1.29, 1.82) is 0 Å². The number of rotatable bonds is 4. The number of hydrogen-bond donors (Lipinski definition) is 2. The molecule has 0 bridgehead atoms. The van der Waals surface area contributed by atoms with Crippen LogP contribution in [0.25, 0.3) is 10.9 Å². The summed E-state index contributed by atoms with van der Waals surface area (Å²) < 4.78 is 1.99. The van der Waals surface area contributed by atoms with Gasteiger partial charge in [0.05, 0.1) is 5.52 Å². The minimum Gasteiger partial charge on any atom is -0.358 e. The summed E-state index contributed by atoms with van der Waals surface area (Å²) in [5, 5.41) is 6.96. The van der Waals surface area contributed by atoms with E-state index in [1.54, 1.807) is 7.05 Å². The second kappa shape index (κ2) is 5.01. The Morgan fingerprint density at radius 2 is 2.12 bits per heavy atom. The van der Waals surface area contributed by atoms with Crippen molar-refractivity contribution in [3.63, 3.8) is 0 Å². The van der Waals surface area contributed by atoms with Gasteiger partial charge in [0.15, 0.2) is 0 Å². The van der Waals surface area contributed by atoms with Crippen molar-refractivity contribution in [3.05, 3.63) is 36.0 Å². The number of hydrogen-bond acceptors (Lipinski definition) is 2. The van der Waals surface area contributed by atoms with Crippen LogP contribution in [-0.4, -0.2) is 24.6 Å². The zero-order valence-electron chi connectivity index (χ0n) is 10.2. The molecule has 1 aromatic heterocycles. The molecule has 1 heterocycles. The first-order valence-electron chi connectivity index (χ1n) is 5.68. The van der Waals surface area contributed by atoms with Crippen molar-refractivity contribution in [1.82, 2.24) is 15.2 Å². The van der Waals surface area contributed by atoms with E-state index in [0.29, 0.717) is 6.54 Å². The first-order valence-corrected chi connectivity index (χ1v) is 5.68. The van der Waals surface area contributed by atoms with Gasteiger partial charge in [-0.3, -0.25) is 4.79 Å². The van der Waals surface area contributed by atoms with E-state index < -0.39 is 0 Å². The fraction of sp³-hybridized carbons (Fsp3) is 0.308. The molecule has 0 radical (unpaired) electrons. The van der Waals surface area contributed by atoms with Gasteiger partial charge < -0.3 is 15.2 Å². The van der Waals surface area contributed by atoms with Crippen LogP contribution in [0.4, 0.5) is 0 Å². The number of nitrogens with one attached hydrogen (secondary N) is 2. The lowest BCUT2D eigenvalue weighted by molar-refractivity contribution is -0.121. The third-order valence-corrected chi connectivity index (χ3v) is 2.83. The maximum Gasteiger partial charge on any atom is 0.239 e. The van der Waals surface area contributed by atoms with Crippen molar-refractivity contribution in [2.45, 2.75) is 13.1 Å². The van der Waals surface area contributed by atoms with Crippen molar-refractivity contribution in [2.24, 2.45) is 0 Å². The van der Waals surface area contributed by atoms with E-state index in [1.165, 1.54) is 10.9 Å². The summed E-state index contributed by atoms with van der Waals surface area (Å²) in [5.74, 6) is 0.0155. The summed E-state index contributed by atoms with van der Waals surface area (Å²) in [6.45, 7) is 1.16. The molecule has 0 aliphatic rings. The maximum absolute atomic E-state index is 11.4. The number of likely N-dealkylation sites (N-methyl/N-ethyl adjacent to an activating group) is 1. The first kappa shape index (κ1) is 11.7. The number of benzene rings is 1. The quantitative estimate of drug-likeness (QED) is 0.828. The van der Waals surface area contributed by atoms with E-state index >= 15 is 0 Å². The average molecular weight is 231 g/mol. The lowest BCUT2D eigenvalue weighted by atomic mass is 10.1. The van der Waals surface area contributed by atoms with E-state index in [0.717, 1.165) is 12.1 Å². The number of carbonyl (C=O) groups is 1. The molecule has 1 amide bonds. The van der Waals surface area contributed by atoms with E-state index in [2.05, 4.69) is 22.8 Å². The average Bonchev–Trinajstić information content (AvgIpc) is 2.74. The second-order valence-electron chi connectivity index (χ2n) is 4.00. The van der Waals surface area contributed by atoms with Gasteiger partial charge in [0, 0.05) is 19.8 Å². The molecule has 0 spiro atoms. The normalized spacial score (nSPS) is 10.7. The molecule has 2 N–H and O–H groups in total. The summed E-state index contributed by atoms with van der Waals surface area (Å²) in [6, 6.07) is 8.23. The van der Waals surface area contributed by atoms with Crippen molar-refractivity contribution >= 4 is 16.8 Å². The number of para-hydroxylation sites is 1. The Bertz CT molecular complexity index is 530. The van der Waals surface area contributed by atoms with Gasteiger partial charge in [-0.1, -0.05) is 18.2 Å². The molecule has 0 saturated heterocycles. The third kappa shape index (κ3) is 2.31. The van der Waals surface area contributed by atoms with Gasteiger partial charge in [-0.2, -0.15) is 0 Å². The maximum atomic E-state index is 11.4. The van der Waals surface area contributed by atoms with Crippen LogP contribution in [0.1, 0.15) is 5.56 Å². The standard InChI is InChI=1S/C13H17N3O/c1-14-8-11-5-3-4-10-6-7-16(13(10)11)9-12(17)15-2/h3-7,14H,8-9H2,1-2H3,(H,15,17). The Labute approximate surface area is 101 Å². The highest BCUT2D eigenvalue weighted by atomic mass is 16.1. The topological polar surface area (TPSA) is 46.1 Å². The molecule has 0 fully saturated rings. The fourth-order valence-electron chi connectivity index (χ4n) is 2.04. The predicted octanol–water partition coefficient (Wildman–Crippen LogP) is 1.11. The monoisotopic (exact) mass is 231 g/mol. The summed E-state index contributed by atoms with van der Waals surface area (Å²) in [4.78, 5) is 11.4. The minimum atomic E-state index is 0.0155. The van der Waals surface area contributed by atoms with E-state index in [4.69, 9.17) is 0 Å². The van der Waals surface area contributed by atoms with Crippen LogP contribution in [0.5, 0.6) is 0 Å². The van der Waals surface area contributed by atoms with E-state index in [9.17, 15) is 4.79 Å². The zero-order valence-corrected chi connectivity index (χ0v) is 10.2. The Kier molecular flexibility index (Phi) is 3.44. The van der Waals surface area contributed by atoms with Crippen molar-refractivity contribution in [2.75, 3.05) is 14.1 Å². The molecule has 0 aliphatic carbocycles. The smallest absolute Gasteiger partial charge is 0.239 e. The van der Waals surface area contributed by atoms with Crippen LogP contribution in [0.3, 0.4) is 0 Å². The molecule has 2 rings (SSSR count). The molecule has 90 valence electrons. The van der Waals surface area contributed by atoms with Gasteiger partial charge in [-0.25, -0.2) is 0 Å². The van der Waals surface area contributed by atoms with Crippen LogP contribution in [0, 0.1) is 0 Å². The number of aromatic nitrogens is 1. The molecule has 0 saturated carbocycles. The Hall–Kier alpha value is -1.81. The third-order valence-electron chi connectivity index (χ3n) is 2.83. The van der Waals surface area contributed by atoms with Crippen LogP contribution >= 0.6 is 0 Å². The lowest BCUT2D eigenvalue weighted by Gasteiger charge is -2.08. The molecule has 1 aromatic carbocycles. The molecule has 0 unspecified atom stereocenters. The Balaban J connectivity index is 2.45. The molecule has 0 atom stereocenters. The lowest BCUT2D eigenvalue weighted by Crippen LogP contribution is -2.23. The van der Waals surface area contributed by atoms with E-state index in [1.807, 2.05) is 29.9 Å². The SMILES string of the molecule is CNCc1cccc2ccn(CC(=O)NC)c12. The molecular weight excluding hydrogens is 214 g/mol. The fourth-order valence-corrected chi connectivity index (χ4v) is 2.04. The Morgan fingerprint density at radius 1 is 1.29 bits per heavy atom. The number of fused-ring (bicyclic) bond motifs is 1. The highest BCUT2D eigenvalue weighted by Gasteiger charge is 2.08. The second-order valence-corrected chi connectivity index (χ2v) is 4.00. The number of amides is 1.